The fraction of sp³-hybridized carbons (Fsp3) is 0.353. The van der Waals surface area contributed by atoms with E-state index in [1.807, 2.05) is 25.3 Å². The largest absolute Gasteiger partial charge is 0.508 e. The van der Waals surface area contributed by atoms with Gasteiger partial charge in [-0.15, -0.1) is 0 Å². The summed E-state index contributed by atoms with van der Waals surface area (Å²) in [7, 11) is 1.80. The molecule has 0 radical (unpaired) electrons. The molecular weight excluding hydrogens is 578 g/mol. The van der Waals surface area contributed by atoms with Gasteiger partial charge in [0.05, 0.1) is 11.7 Å². The Morgan fingerprint density at radius 1 is 1.29 bits per heavy atom. The molecule has 2 aliphatic rings. The summed E-state index contributed by atoms with van der Waals surface area (Å²) < 4.78 is 18.9. The molecule has 0 aliphatic carbocycles. The first-order valence-corrected chi connectivity index (χ1v) is 14.9. The molecule has 3 heterocycles. The third-order valence-corrected chi connectivity index (χ3v) is 8.34. The molecule has 0 amide bonds. The van der Waals surface area contributed by atoms with E-state index in [1.54, 1.807) is 32.2 Å². The summed E-state index contributed by atoms with van der Waals surface area (Å²) in [5.41, 5.74) is 6.77. The van der Waals surface area contributed by atoms with Crippen LogP contribution < -0.4 is 26.5 Å². The molecule has 0 saturated carbocycles. The molecule has 0 fully saturated rings. The lowest BCUT2D eigenvalue weighted by Crippen LogP contribution is -2.51. The minimum absolute atomic E-state index is 0.000753. The summed E-state index contributed by atoms with van der Waals surface area (Å²) in [5, 5.41) is 37.8. The Balaban J connectivity index is 1.68. The Labute approximate surface area is 260 Å². The monoisotopic (exact) mass is 617 g/mol. The van der Waals surface area contributed by atoms with Crippen molar-refractivity contribution in [3.05, 3.63) is 87.5 Å². The lowest BCUT2D eigenvalue weighted by molar-refractivity contribution is -0.159. The van der Waals surface area contributed by atoms with E-state index in [0.29, 0.717) is 42.5 Å². The maximum Gasteiger partial charge on any atom is 0.334 e. The molecule has 0 spiro atoms. The van der Waals surface area contributed by atoms with Crippen molar-refractivity contribution in [3.63, 3.8) is 0 Å². The maximum atomic E-state index is 13.4. The number of aromatic hydroxyl groups is 2. The highest BCUT2D eigenvalue weighted by Crippen LogP contribution is 2.51. The van der Waals surface area contributed by atoms with E-state index < -0.39 is 29.7 Å². The number of ether oxygens (including phenoxy) is 2. The van der Waals surface area contributed by atoms with E-state index in [2.05, 4.69) is 10.6 Å². The molecule has 0 saturated heterocycles. The van der Waals surface area contributed by atoms with E-state index in [9.17, 15) is 24.9 Å². The van der Waals surface area contributed by atoms with Gasteiger partial charge >= 0.3 is 5.97 Å². The van der Waals surface area contributed by atoms with Crippen molar-refractivity contribution < 1.29 is 34.0 Å². The van der Waals surface area contributed by atoms with Crippen LogP contribution >= 0.6 is 0 Å². The second-order valence-electron chi connectivity index (χ2n) is 11.5. The second-order valence-corrected chi connectivity index (χ2v) is 11.5. The highest BCUT2D eigenvalue weighted by molar-refractivity contribution is 6.01. The lowest BCUT2D eigenvalue weighted by atomic mass is 9.82. The fourth-order valence-electron chi connectivity index (χ4n) is 5.75. The molecule has 1 unspecified atom stereocenters. The Kier molecular flexibility index (Phi) is 9.33. The van der Waals surface area contributed by atoms with E-state index in [4.69, 9.17) is 19.6 Å². The van der Waals surface area contributed by atoms with Gasteiger partial charge in [0.2, 0.25) is 0 Å². The number of rotatable bonds is 10. The van der Waals surface area contributed by atoms with Gasteiger partial charge in [-0.2, -0.15) is 0 Å². The molecule has 45 heavy (non-hydrogen) atoms. The van der Waals surface area contributed by atoms with Crippen LogP contribution in [0, 0.1) is 0 Å². The number of hydrogen-bond acceptors (Lipinski definition) is 11. The van der Waals surface area contributed by atoms with Crippen LogP contribution in [0.4, 0.5) is 0 Å². The number of carbonyl (C=O) groups excluding carboxylic acids is 1. The maximum absolute atomic E-state index is 13.4. The van der Waals surface area contributed by atoms with Crippen LogP contribution in [0.25, 0.3) is 22.1 Å². The summed E-state index contributed by atoms with van der Waals surface area (Å²) in [6.45, 7) is 3.66. The minimum atomic E-state index is -1.11. The molecule has 0 bridgehead atoms. The van der Waals surface area contributed by atoms with Crippen LogP contribution in [-0.2, 0) is 22.6 Å². The van der Waals surface area contributed by atoms with Crippen molar-refractivity contribution in [2.45, 2.75) is 64.0 Å². The topological polar surface area (TPSA) is 177 Å². The lowest BCUT2D eigenvalue weighted by Gasteiger charge is -2.43. The zero-order chi connectivity index (χ0) is 32.3. The Morgan fingerprint density at radius 3 is 2.76 bits per heavy atom. The molecule has 11 nitrogen and oxygen atoms in total. The third-order valence-electron chi connectivity index (χ3n) is 8.34. The number of aliphatic hydroxyl groups is 1. The number of phenolic OH excluding ortho intramolecular Hbond substituents is 2. The molecule has 2 aliphatic heterocycles. The molecule has 1 aromatic heterocycles. The Morgan fingerprint density at radius 2 is 2.09 bits per heavy atom. The number of benzene rings is 2. The Hall–Kier alpha value is -4.58. The van der Waals surface area contributed by atoms with Gasteiger partial charge in [-0.1, -0.05) is 24.3 Å². The number of aliphatic hydroxyl groups excluding tert-OH is 1. The summed E-state index contributed by atoms with van der Waals surface area (Å²) in [6, 6.07) is 7.48. The van der Waals surface area contributed by atoms with E-state index in [1.165, 1.54) is 12.1 Å². The van der Waals surface area contributed by atoms with Crippen molar-refractivity contribution in [3.8, 4) is 28.4 Å². The number of fused-ring (bicyclic) bond motifs is 2. The molecule has 11 heteroatoms. The quantitative estimate of drug-likeness (QED) is 0.145. The molecule has 5 rings (SSSR count). The fourth-order valence-corrected chi connectivity index (χ4v) is 5.75. The molecular formula is C34H39N3O8. The number of phenols is 2. The summed E-state index contributed by atoms with van der Waals surface area (Å²) >= 11 is 0. The standard InChI is InChI=1S/C34H39N3O8/c1-4-20(11-13-36-3)33(42)44-26-16-24-30(41)29-25(40)15-23(18-38)43-32(29)28(21-6-5-7-22(39)14-21)31(24)45-34(26,2)12-10-19-8-9-27(35)37-17-19/h4-9,14-15,17,26-27,36-39,41H,10-13,16,18,35H2,1-3H3/b20-4-/t26-,27?,34+/m1/s1. The van der Waals surface area contributed by atoms with Gasteiger partial charge in [0.15, 0.2) is 11.0 Å². The Bertz CT molecular complexity index is 1760. The SMILES string of the molecule is C/C=C(/CCNC)C(=O)O[C@@H]1Cc2c(c(-c3cccc(O)c3)c3oc(CO)cc(=O)c3c2O)O[C@@]1(C)CCC1=CNC(N)C=C1. The normalized spacial score (nSPS) is 21.1. The van der Waals surface area contributed by atoms with Gasteiger partial charge in [0.1, 0.15) is 46.7 Å². The van der Waals surface area contributed by atoms with E-state index in [0.717, 1.165) is 11.6 Å². The summed E-state index contributed by atoms with van der Waals surface area (Å²) in [6.07, 6.45) is 7.63. The van der Waals surface area contributed by atoms with E-state index >= 15 is 0 Å². The number of allylic oxidation sites excluding steroid dienone is 3. The predicted octanol–water partition coefficient (Wildman–Crippen LogP) is 3.63. The second kappa shape index (κ2) is 13.2. The highest BCUT2D eigenvalue weighted by Gasteiger charge is 2.46. The first kappa shape index (κ1) is 31.8. The number of hydrogen-bond donors (Lipinski definition) is 6. The van der Waals surface area contributed by atoms with Gasteiger partial charge in [-0.25, -0.2) is 4.79 Å². The predicted molar refractivity (Wildman–Crippen MR) is 170 cm³/mol. The average Bonchev–Trinajstić information content (AvgIpc) is 3.02. The smallest absolute Gasteiger partial charge is 0.334 e. The van der Waals surface area contributed by atoms with Crippen LogP contribution in [0.1, 0.15) is 44.4 Å². The van der Waals surface area contributed by atoms with Crippen LogP contribution in [0.2, 0.25) is 0 Å². The molecule has 238 valence electrons. The zero-order valence-corrected chi connectivity index (χ0v) is 25.6. The van der Waals surface area contributed by atoms with Crippen LogP contribution in [0.15, 0.2) is 75.1 Å². The van der Waals surface area contributed by atoms with Crippen molar-refractivity contribution in [1.82, 2.24) is 10.6 Å². The first-order valence-electron chi connectivity index (χ1n) is 14.9. The zero-order valence-electron chi connectivity index (χ0n) is 25.6. The number of nitrogens with two attached hydrogens (primary N) is 1. The minimum Gasteiger partial charge on any atom is -0.508 e. The van der Waals surface area contributed by atoms with Crippen LogP contribution in [-0.4, -0.2) is 52.8 Å². The number of esters is 1. The molecule has 7 N–H and O–H groups in total. The van der Waals surface area contributed by atoms with Gasteiger partial charge in [0.25, 0.3) is 0 Å². The highest BCUT2D eigenvalue weighted by atomic mass is 16.6. The van der Waals surface area contributed by atoms with E-state index in [-0.39, 0.29) is 52.1 Å². The molecule has 3 aromatic rings. The number of carbonyl (C=O) groups is 1. The van der Waals surface area contributed by atoms with Crippen LogP contribution in [0.5, 0.6) is 17.2 Å². The summed E-state index contributed by atoms with van der Waals surface area (Å²) in [4.78, 5) is 26.7. The number of nitrogens with one attached hydrogen (secondary N) is 2. The number of dihydropyridines is 1. The van der Waals surface area contributed by atoms with Crippen molar-refractivity contribution >= 4 is 16.9 Å². The molecule has 3 atom stereocenters. The summed E-state index contributed by atoms with van der Waals surface area (Å²) in [5.74, 6) is -0.659. The van der Waals surface area contributed by atoms with Gasteiger partial charge in [-0.05, 0) is 76.0 Å². The first-order chi connectivity index (χ1) is 21.6. The van der Waals surface area contributed by atoms with Crippen molar-refractivity contribution in [2.75, 3.05) is 13.6 Å². The van der Waals surface area contributed by atoms with Crippen molar-refractivity contribution in [1.29, 1.82) is 0 Å². The van der Waals surface area contributed by atoms with Gasteiger partial charge in [-0.3, -0.25) is 4.79 Å². The third kappa shape index (κ3) is 6.46. The van der Waals surface area contributed by atoms with Crippen LogP contribution in [0.3, 0.4) is 0 Å². The van der Waals surface area contributed by atoms with Gasteiger partial charge in [0, 0.05) is 29.8 Å². The molecule has 2 aromatic carbocycles. The van der Waals surface area contributed by atoms with Crippen molar-refractivity contribution in [2.24, 2.45) is 5.73 Å². The van der Waals surface area contributed by atoms with Gasteiger partial charge < -0.3 is 45.6 Å². The average molecular weight is 618 g/mol.